The largest absolute Gasteiger partial charge is 0.455 e. The summed E-state index contributed by atoms with van der Waals surface area (Å²) in [5.74, 6) is 0. The number of hydrogen-bond acceptors (Lipinski definition) is 4. The summed E-state index contributed by atoms with van der Waals surface area (Å²) >= 11 is 0. The van der Waals surface area contributed by atoms with E-state index in [1.807, 2.05) is 49.1 Å². The summed E-state index contributed by atoms with van der Waals surface area (Å²) in [6, 6.07) is 61.0. The van der Waals surface area contributed by atoms with Crippen molar-refractivity contribution in [1.29, 1.82) is 0 Å². The highest BCUT2D eigenvalue weighted by molar-refractivity contribution is 6.30. The number of pyridine rings is 2. The predicted octanol–water partition coefficient (Wildman–Crippen LogP) is 15.6. The molecule has 0 spiro atoms. The first-order valence-electron chi connectivity index (χ1n) is 20.3. The van der Waals surface area contributed by atoms with Crippen LogP contribution in [-0.4, -0.2) is 9.97 Å². The molecule has 0 unspecified atom stereocenters. The standard InChI is InChI=1S/C56H32N2O2/c1-3-11-51-41(9-1)45-23-21-43-47-27-40-30-50(36-19-15-34(16-20-36)38-8-6-26-58-32-38)54-44(22-24-46-42-10-2-4-12-52(42)60-56(46)54)48(40)28-39(47)29-49(53(43)55(45)59-51)35-17-13-33(14-18-35)37-7-5-25-57-31-37/h1-32H. The van der Waals surface area contributed by atoms with Crippen molar-refractivity contribution in [3.63, 3.8) is 0 Å². The fraction of sp³-hybridized carbons (Fsp3) is 0. The molecule has 0 N–H and O–H groups in total. The van der Waals surface area contributed by atoms with Crippen molar-refractivity contribution in [3.05, 3.63) is 195 Å². The van der Waals surface area contributed by atoms with Gasteiger partial charge in [0.15, 0.2) is 0 Å². The lowest BCUT2D eigenvalue weighted by molar-refractivity contribution is 0.672. The molecule has 4 heteroatoms. The molecule has 0 fully saturated rings. The lowest BCUT2D eigenvalue weighted by Crippen LogP contribution is -1.89. The first kappa shape index (κ1) is 32.9. The van der Waals surface area contributed by atoms with E-state index in [9.17, 15) is 0 Å². The minimum atomic E-state index is 0.888. The number of hydrogen-bond donors (Lipinski definition) is 0. The third-order valence-electron chi connectivity index (χ3n) is 12.4. The molecule has 0 aliphatic heterocycles. The zero-order chi connectivity index (χ0) is 39.3. The van der Waals surface area contributed by atoms with Gasteiger partial charge in [0.1, 0.15) is 22.3 Å². The van der Waals surface area contributed by atoms with Gasteiger partial charge >= 0.3 is 0 Å². The van der Waals surface area contributed by atoms with Gasteiger partial charge in [0, 0.05) is 57.1 Å². The Bertz CT molecular complexity index is 3590. The van der Waals surface area contributed by atoms with E-state index in [2.05, 4.69) is 156 Å². The van der Waals surface area contributed by atoms with Crippen LogP contribution >= 0.6 is 0 Å². The van der Waals surface area contributed by atoms with Gasteiger partial charge in [-0.05, 0) is 137 Å². The number of nitrogens with zero attached hydrogens (tertiary/aromatic N) is 2. The van der Waals surface area contributed by atoms with E-state index in [4.69, 9.17) is 8.83 Å². The molecule has 13 rings (SSSR count). The Labute approximate surface area is 343 Å². The summed E-state index contributed by atoms with van der Waals surface area (Å²) in [4.78, 5) is 8.73. The van der Waals surface area contributed by atoms with Crippen molar-refractivity contribution in [1.82, 2.24) is 9.97 Å². The van der Waals surface area contributed by atoms with Gasteiger partial charge in [-0.25, -0.2) is 0 Å². The summed E-state index contributed by atoms with van der Waals surface area (Å²) < 4.78 is 13.6. The molecule has 4 aromatic heterocycles. The van der Waals surface area contributed by atoms with Crippen molar-refractivity contribution in [2.75, 3.05) is 0 Å². The second kappa shape index (κ2) is 12.7. The third-order valence-corrected chi connectivity index (χ3v) is 12.4. The first-order valence-corrected chi connectivity index (χ1v) is 20.3. The van der Waals surface area contributed by atoms with Gasteiger partial charge < -0.3 is 8.83 Å². The summed E-state index contributed by atoms with van der Waals surface area (Å²) in [5.41, 5.74) is 12.5. The molecule has 278 valence electrons. The molecule has 0 saturated carbocycles. The minimum Gasteiger partial charge on any atom is -0.455 e. The van der Waals surface area contributed by atoms with Crippen molar-refractivity contribution < 1.29 is 8.83 Å². The van der Waals surface area contributed by atoms with Crippen LogP contribution in [0.4, 0.5) is 0 Å². The molecule has 4 nitrogen and oxygen atoms in total. The summed E-state index contributed by atoms with van der Waals surface area (Å²) in [7, 11) is 0. The monoisotopic (exact) mass is 764 g/mol. The van der Waals surface area contributed by atoms with Crippen LogP contribution in [0.1, 0.15) is 0 Å². The van der Waals surface area contributed by atoms with Gasteiger partial charge in [0.05, 0.1) is 0 Å². The Hall–Kier alpha value is -8.08. The number of aromatic nitrogens is 2. The number of rotatable bonds is 4. The summed E-state index contributed by atoms with van der Waals surface area (Å²) in [6.07, 6.45) is 7.45. The zero-order valence-corrected chi connectivity index (χ0v) is 32.2. The van der Waals surface area contributed by atoms with Gasteiger partial charge in [-0.3, -0.25) is 9.97 Å². The quantitative estimate of drug-likeness (QED) is 0.132. The molecule has 4 heterocycles. The first-order chi connectivity index (χ1) is 29.7. The van der Waals surface area contributed by atoms with Crippen LogP contribution in [0, 0.1) is 0 Å². The molecule has 0 amide bonds. The van der Waals surface area contributed by atoms with E-state index in [-0.39, 0.29) is 0 Å². The highest BCUT2D eigenvalue weighted by atomic mass is 16.3. The molecule has 0 aliphatic carbocycles. The van der Waals surface area contributed by atoms with Crippen LogP contribution in [0.5, 0.6) is 0 Å². The van der Waals surface area contributed by atoms with E-state index < -0.39 is 0 Å². The average molecular weight is 765 g/mol. The van der Waals surface area contributed by atoms with Crippen molar-refractivity contribution in [3.8, 4) is 44.5 Å². The van der Waals surface area contributed by atoms with Gasteiger partial charge in [-0.2, -0.15) is 0 Å². The second-order valence-electron chi connectivity index (χ2n) is 15.7. The second-order valence-corrected chi connectivity index (χ2v) is 15.7. The van der Waals surface area contributed by atoms with E-state index in [1.54, 1.807) is 0 Å². The SMILES string of the molecule is c1cncc(-c2ccc(-c3cc4cc5c(cc(-c6ccc(-c7cccnc7)cc6)c6c5ccc5c7ccccc7oc56)cc4c4ccc5c6ccccc6oc5c34)cc2)c1. The molecule has 0 radical (unpaired) electrons. The van der Waals surface area contributed by atoms with Crippen LogP contribution in [0.2, 0.25) is 0 Å². The van der Waals surface area contributed by atoms with Gasteiger partial charge in [0.2, 0.25) is 0 Å². The third kappa shape index (κ3) is 4.91. The highest BCUT2D eigenvalue weighted by Crippen LogP contribution is 2.47. The maximum absolute atomic E-state index is 6.78. The summed E-state index contributed by atoms with van der Waals surface area (Å²) in [6.45, 7) is 0. The Morgan fingerprint density at radius 1 is 0.300 bits per heavy atom. The van der Waals surface area contributed by atoms with Crippen LogP contribution in [-0.2, 0) is 0 Å². The average Bonchev–Trinajstić information content (AvgIpc) is 3.90. The van der Waals surface area contributed by atoms with Crippen LogP contribution in [0.25, 0.3) is 131 Å². The molecule has 9 aromatic carbocycles. The zero-order valence-electron chi connectivity index (χ0n) is 32.2. The Kier molecular flexibility index (Phi) is 6.98. The number of furan rings is 2. The van der Waals surface area contributed by atoms with Gasteiger partial charge in [-0.15, -0.1) is 0 Å². The fourth-order valence-corrected chi connectivity index (χ4v) is 9.56. The van der Waals surface area contributed by atoms with E-state index >= 15 is 0 Å². The van der Waals surface area contributed by atoms with Crippen molar-refractivity contribution in [2.45, 2.75) is 0 Å². The van der Waals surface area contributed by atoms with Gasteiger partial charge in [-0.1, -0.05) is 109 Å². The smallest absolute Gasteiger partial charge is 0.143 e. The van der Waals surface area contributed by atoms with Crippen molar-refractivity contribution in [2.24, 2.45) is 0 Å². The maximum Gasteiger partial charge on any atom is 0.143 e. The topological polar surface area (TPSA) is 52.1 Å². The molecule has 13 aromatic rings. The molecule has 60 heavy (non-hydrogen) atoms. The van der Waals surface area contributed by atoms with Crippen LogP contribution in [0.3, 0.4) is 0 Å². The van der Waals surface area contributed by atoms with Crippen LogP contribution < -0.4 is 0 Å². The molecule has 0 atom stereocenters. The van der Waals surface area contributed by atoms with E-state index in [0.717, 1.165) is 121 Å². The number of benzene rings is 9. The lowest BCUT2D eigenvalue weighted by Gasteiger charge is -2.16. The normalized spacial score (nSPS) is 12.0. The van der Waals surface area contributed by atoms with Gasteiger partial charge in [0.25, 0.3) is 0 Å². The molecular formula is C56H32N2O2. The molecule has 0 bridgehead atoms. The minimum absolute atomic E-state index is 0.888. The van der Waals surface area contributed by atoms with Crippen molar-refractivity contribution >= 4 is 87.0 Å². The maximum atomic E-state index is 6.78. The number of fused-ring (bicyclic) bond motifs is 14. The van der Waals surface area contributed by atoms with E-state index in [1.165, 1.54) is 10.8 Å². The van der Waals surface area contributed by atoms with E-state index in [0.29, 0.717) is 0 Å². The molecule has 0 aliphatic rings. The Balaban J connectivity index is 1.11. The Morgan fingerprint density at radius 3 is 1.15 bits per heavy atom. The highest BCUT2D eigenvalue weighted by Gasteiger charge is 2.21. The number of para-hydroxylation sites is 2. The molecular weight excluding hydrogens is 733 g/mol. The Morgan fingerprint density at radius 2 is 0.717 bits per heavy atom. The van der Waals surface area contributed by atoms with Crippen LogP contribution in [0.15, 0.2) is 203 Å². The fourth-order valence-electron chi connectivity index (χ4n) is 9.56. The molecule has 0 saturated heterocycles. The predicted molar refractivity (Wildman–Crippen MR) is 248 cm³/mol. The summed E-state index contributed by atoms with van der Waals surface area (Å²) in [5, 5.41) is 13.7. The lowest BCUT2D eigenvalue weighted by atomic mass is 9.87.